The highest BCUT2D eigenvalue weighted by Gasteiger charge is 2.45. The lowest BCUT2D eigenvalue weighted by molar-refractivity contribution is 0.0970. The van der Waals surface area contributed by atoms with E-state index in [0.29, 0.717) is 27.4 Å². The number of hydrogen-bond donors (Lipinski definition) is 0. The molecule has 1 aliphatic rings. The second-order valence-corrected chi connectivity index (χ2v) is 10.8. The van der Waals surface area contributed by atoms with Crippen LogP contribution in [0.4, 0.5) is 5.13 Å². The quantitative estimate of drug-likeness (QED) is 0.198. The second-order valence-electron chi connectivity index (χ2n) is 8.65. The van der Waals surface area contributed by atoms with Crippen molar-refractivity contribution >= 4 is 45.1 Å². The first-order valence-electron chi connectivity index (χ1n) is 11.6. The molecule has 5 aromatic rings. The fourth-order valence-electron chi connectivity index (χ4n) is 4.41. The van der Waals surface area contributed by atoms with Crippen molar-refractivity contribution in [2.45, 2.75) is 23.1 Å². The van der Waals surface area contributed by atoms with E-state index in [9.17, 15) is 9.59 Å². The Hall–Kier alpha value is -3.95. The monoisotopic (exact) mass is 527 g/mol. The third-order valence-electron chi connectivity index (χ3n) is 6.29. The number of thioether (sulfide) groups is 1. The molecule has 1 amide bonds. The van der Waals surface area contributed by atoms with Crippen LogP contribution >= 0.6 is 23.1 Å². The predicted molar refractivity (Wildman–Crippen MR) is 145 cm³/mol. The van der Waals surface area contributed by atoms with Crippen molar-refractivity contribution in [2.24, 2.45) is 0 Å². The van der Waals surface area contributed by atoms with E-state index >= 15 is 0 Å². The van der Waals surface area contributed by atoms with Crippen LogP contribution in [0.15, 0.2) is 86.3 Å². The topological polar surface area (TPSA) is 85.5 Å². The molecule has 0 saturated heterocycles. The zero-order chi connectivity index (χ0) is 25.5. The van der Waals surface area contributed by atoms with E-state index in [-0.39, 0.29) is 11.2 Å². The second kappa shape index (κ2) is 9.49. The fourth-order valence-corrected chi connectivity index (χ4v) is 6.23. The Labute approximate surface area is 220 Å². The van der Waals surface area contributed by atoms with Crippen LogP contribution < -0.4 is 15.1 Å². The number of anilines is 1. The van der Waals surface area contributed by atoms with Gasteiger partial charge in [-0.15, -0.1) is 10.2 Å². The molecule has 0 radical (unpaired) electrons. The Morgan fingerprint density at radius 3 is 2.51 bits per heavy atom. The van der Waals surface area contributed by atoms with Crippen molar-refractivity contribution in [3.63, 3.8) is 0 Å². The molecular weight excluding hydrogens is 506 g/mol. The third kappa shape index (κ3) is 4.20. The number of ether oxygens (including phenoxy) is 1. The molecule has 0 N–H and O–H groups in total. The average molecular weight is 528 g/mol. The Kier molecular flexibility index (Phi) is 6.02. The predicted octanol–water partition coefficient (Wildman–Crippen LogP) is 6.00. The van der Waals surface area contributed by atoms with Gasteiger partial charge in [0.05, 0.1) is 24.1 Å². The van der Waals surface area contributed by atoms with Crippen molar-refractivity contribution in [2.75, 3.05) is 12.0 Å². The zero-order valence-corrected chi connectivity index (χ0v) is 21.6. The molecule has 0 saturated carbocycles. The number of carbonyl (C=O) groups is 1. The van der Waals surface area contributed by atoms with Crippen LogP contribution in [0.1, 0.15) is 38.9 Å². The normalized spacial score (nSPS) is 14.8. The first-order valence-corrected chi connectivity index (χ1v) is 13.4. The summed E-state index contributed by atoms with van der Waals surface area (Å²) in [5, 5.41) is 9.52. The molecule has 1 unspecified atom stereocenters. The fraction of sp³-hybridized carbons (Fsp3) is 0.143. The first-order chi connectivity index (χ1) is 18.0. The summed E-state index contributed by atoms with van der Waals surface area (Å²) in [5.41, 5.74) is 3.58. The number of para-hydroxylation sites is 1. The van der Waals surface area contributed by atoms with Crippen LogP contribution in [-0.4, -0.2) is 23.2 Å². The number of rotatable bonds is 6. The maximum absolute atomic E-state index is 13.7. The standard InChI is InChI=1S/C28H21N3O4S2/c1-16-7-9-17(10-8-16)15-36-28-30-29-27(37-28)31-23(18-11-13-19(34-2)14-12-18)22-24(32)20-5-3-4-6-21(20)35-25(22)26(31)33/h3-14,23H,15H2,1-2H3. The van der Waals surface area contributed by atoms with Crippen molar-refractivity contribution in [1.82, 2.24) is 10.2 Å². The highest BCUT2D eigenvalue weighted by atomic mass is 32.2. The van der Waals surface area contributed by atoms with E-state index in [1.54, 1.807) is 43.1 Å². The molecule has 1 atom stereocenters. The van der Waals surface area contributed by atoms with Gasteiger partial charge in [0.25, 0.3) is 5.91 Å². The summed E-state index contributed by atoms with van der Waals surface area (Å²) in [6, 6.07) is 21.9. The molecule has 2 aromatic heterocycles. The largest absolute Gasteiger partial charge is 0.497 e. The van der Waals surface area contributed by atoms with Crippen LogP contribution in [0.25, 0.3) is 11.0 Å². The van der Waals surface area contributed by atoms with Crippen molar-refractivity contribution < 1.29 is 13.9 Å². The minimum absolute atomic E-state index is 0.0357. The van der Waals surface area contributed by atoms with Crippen LogP contribution in [0.3, 0.4) is 0 Å². The Morgan fingerprint density at radius 1 is 1.00 bits per heavy atom. The molecule has 7 nitrogen and oxygen atoms in total. The molecular formula is C28H21N3O4S2. The molecule has 0 aliphatic carbocycles. The van der Waals surface area contributed by atoms with Crippen LogP contribution in [-0.2, 0) is 5.75 Å². The van der Waals surface area contributed by atoms with E-state index in [0.717, 1.165) is 15.7 Å². The molecule has 9 heteroatoms. The number of benzene rings is 3. The number of nitrogens with zero attached hydrogens (tertiary/aromatic N) is 3. The van der Waals surface area contributed by atoms with E-state index in [2.05, 4.69) is 41.4 Å². The number of fused-ring (bicyclic) bond motifs is 2. The van der Waals surface area contributed by atoms with Crippen molar-refractivity contribution in [3.05, 3.63) is 111 Å². The summed E-state index contributed by atoms with van der Waals surface area (Å²) in [6.07, 6.45) is 0. The van der Waals surface area contributed by atoms with Crippen LogP contribution in [0, 0.1) is 6.92 Å². The summed E-state index contributed by atoms with van der Waals surface area (Å²) in [5.74, 6) is 1.03. The maximum atomic E-state index is 13.7. The summed E-state index contributed by atoms with van der Waals surface area (Å²) >= 11 is 2.88. The molecule has 3 aromatic carbocycles. The van der Waals surface area contributed by atoms with Crippen LogP contribution in [0.5, 0.6) is 5.75 Å². The number of amides is 1. The summed E-state index contributed by atoms with van der Waals surface area (Å²) in [6.45, 7) is 2.06. The van der Waals surface area contributed by atoms with Gasteiger partial charge < -0.3 is 9.15 Å². The Balaban J connectivity index is 1.41. The van der Waals surface area contributed by atoms with Crippen LogP contribution in [0.2, 0.25) is 0 Å². The summed E-state index contributed by atoms with van der Waals surface area (Å²) in [7, 11) is 1.59. The van der Waals surface area contributed by atoms with Gasteiger partial charge in [-0.3, -0.25) is 14.5 Å². The maximum Gasteiger partial charge on any atom is 0.297 e. The van der Waals surface area contributed by atoms with Gasteiger partial charge in [0.2, 0.25) is 10.9 Å². The summed E-state index contributed by atoms with van der Waals surface area (Å²) < 4.78 is 12.0. The van der Waals surface area contributed by atoms with Gasteiger partial charge in [-0.25, -0.2) is 0 Å². The number of methoxy groups -OCH3 is 1. The van der Waals surface area contributed by atoms with Crippen molar-refractivity contribution in [3.8, 4) is 5.75 Å². The highest BCUT2D eigenvalue weighted by molar-refractivity contribution is 8.00. The smallest absolute Gasteiger partial charge is 0.297 e. The van der Waals surface area contributed by atoms with Gasteiger partial charge >= 0.3 is 0 Å². The van der Waals surface area contributed by atoms with E-state index in [4.69, 9.17) is 9.15 Å². The summed E-state index contributed by atoms with van der Waals surface area (Å²) in [4.78, 5) is 28.9. The third-order valence-corrected chi connectivity index (χ3v) is 8.42. The van der Waals surface area contributed by atoms with Gasteiger partial charge in [0.15, 0.2) is 9.77 Å². The number of carbonyl (C=O) groups excluding carboxylic acids is 1. The lowest BCUT2D eigenvalue weighted by atomic mass is 9.98. The van der Waals surface area contributed by atoms with Gasteiger partial charge in [-0.1, -0.05) is 77.2 Å². The minimum Gasteiger partial charge on any atom is -0.497 e. The number of hydrogen-bond acceptors (Lipinski definition) is 8. The molecule has 1 aliphatic heterocycles. The minimum atomic E-state index is -0.697. The molecule has 0 bridgehead atoms. The Bertz CT molecular complexity index is 1680. The van der Waals surface area contributed by atoms with Gasteiger partial charge in [0.1, 0.15) is 11.3 Å². The van der Waals surface area contributed by atoms with Gasteiger partial charge in [0, 0.05) is 5.75 Å². The molecule has 0 spiro atoms. The lowest BCUT2D eigenvalue weighted by Crippen LogP contribution is -2.29. The van der Waals surface area contributed by atoms with E-state index < -0.39 is 11.9 Å². The highest BCUT2D eigenvalue weighted by Crippen LogP contribution is 2.43. The molecule has 37 heavy (non-hydrogen) atoms. The molecule has 0 fully saturated rings. The van der Waals surface area contributed by atoms with E-state index in [1.165, 1.54) is 27.4 Å². The number of aryl methyl sites for hydroxylation is 1. The van der Waals surface area contributed by atoms with E-state index in [1.807, 2.05) is 24.3 Å². The molecule has 184 valence electrons. The first kappa shape index (κ1) is 23.4. The van der Waals surface area contributed by atoms with Gasteiger partial charge in [-0.2, -0.15) is 0 Å². The zero-order valence-electron chi connectivity index (χ0n) is 20.0. The molecule has 3 heterocycles. The lowest BCUT2D eigenvalue weighted by Gasteiger charge is -2.22. The SMILES string of the molecule is COc1ccc(C2c3c(oc4ccccc4c3=O)C(=O)N2c2nnc(SCc3ccc(C)cc3)s2)cc1. The van der Waals surface area contributed by atoms with Crippen molar-refractivity contribution in [1.29, 1.82) is 0 Å². The Morgan fingerprint density at radius 2 is 1.76 bits per heavy atom. The average Bonchev–Trinajstić information content (AvgIpc) is 3.51. The molecule has 6 rings (SSSR count). The number of aromatic nitrogens is 2. The van der Waals surface area contributed by atoms with Gasteiger partial charge in [-0.05, 0) is 42.3 Å².